The maximum Gasteiger partial charge on any atom is 0.224 e. The summed E-state index contributed by atoms with van der Waals surface area (Å²) in [5.74, 6) is 0.942. The third-order valence-electron chi connectivity index (χ3n) is 3.90. The minimum Gasteiger partial charge on any atom is -0.497 e. The van der Waals surface area contributed by atoms with E-state index in [4.69, 9.17) is 14.2 Å². The number of benzene rings is 1. The molecule has 5 nitrogen and oxygen atoms in total. The molecule has 1 aliphatic carbocycles. The van der Waals surface area contributed by atoms with Gasteiger partial charge >= 0.3 is 0 Å². The number of rotatable bonds is 3. The van der Waals surface area contributed by atoms with E-state index in [0.29, 0.717) is 18.6 Å². The Morgan fingerprint density at radius 1 is 1.14 bits per heavy atom. The van der Waals surface area contributed by atoms with Gasteiger partial charge in [0.25, 0.3) is 0 Å². The van der Waals surface area contributed by atoms with Crippen LogP contribution in [0.5, 0.6) is 11.5 Å². The van der Waals surface area contributed by atoms with Gasteiger partial charge in [0.2, 0.25) is 5.78 Å². The zero-order chi connectivity index (χ0) is 15.7. The van der Waals surface area contributed by atoms with Crippen molar-refractivity contribution in [3.8, 4) is 11.5 Å². The number of ketones is 2. The summed E-state index contributed by atoms with van der Waals surface area (Å²) in [4.78, 5) is 24.0. The first-order chi connectivity index (χ1) is 10.6. The van der Waals surface area contributed by atoms with Crippen molar-refractivity contribution in [1.82, 2.24) is 0 Å². The van der Waals surface area contributed by atoms with Crippen molar-refractivity contribution in [2.75, 3.05) is 20.8 Å². The molecular formula is C17H16O5. The average Bonchev–Trinajstić information content (AvgIpc) is 2.55. The minimum atomic E-state index is -0.243. The van der Waals surface area contributed by atoms with E-state index in [-0.39, 0.29) is 23.2 Å². The van der Waals surface area contributed by atoms with Gasteiger partial charge in [-0.2, -0.15) is 0 Å². The van der Waals surface area contributed by atoms with E-state index >= 15 is 0 Å². The summed E-state index contributed by atoms with van der Waals surface area (Å²) < 4.78 is 15.9. The number of hydrogen-bond donors (Lipinski definition) is 0. The molecule has 3 rings (SSSR count). The number of carbonyl (C=O) groups is 2. The van der Waals surface area contributed by atoms with Crippen LogP contribution in [0.4, 0.5) is 0 Å². The molecule has 0 fully saturated rings. The lowest BCUT2D eigenvalue weighted by Crippen LogP contribution is -2.29. The summed E-state index contributed by atoms with van der Waals surface area (Å²) in [6.07, 6.45) is 3.24. The van der Waals surface area contributed by atoms with E-state index in [1.807, 2.05) is 18.2 Å². The van der Waals surface area contributed by atoms with Gasteiger partial charge in [-0.3, -0.25) is 9.59 Å². The number of fused-ring (bicyclic) bond motifs is 1. The largest absolute Gasteiger partial charge is 0.497 e. The second-order valence-electron chi connectivity index (χ2n) is 5.23. The lowest BCUT2D eigenvalue weighted by Gasteiger charge is -2.28. The molecule has 0 saturated carbocycles. The summed E-state index contributed by atoms with van der Waals surface area (Å²) in [5.41, 5.74) is 1.44. The molecular weight excluding hydrogens is 284 g/mol. The van der Waals surface area contributed by atoms with Crippen molar-refractivity contribution >= 4 is 11.6 Å². The highest BCUT2D eigenvalue weighted by molar-refractivity contribution is 6.19. The summed E-state index contributed by atoms with van der Waals surface area (Å²) in [7, 11) is 2.99. The van der Waals surface area contributed by atoms with E-state index in [0.717, 1.165) is 17.1 Å². The van der Waals surface area contributed by atoms with Gasteiger partial charge in [0.1, 0.15) is 11.5 Å². The molecule has 114 valence electrons. The molecule has 0 bridgehead atoms. The van der Waals surface area contributed by atoms with Crippen LogP contribution in [-0.4, -0.2) is 32.4 Å². The van der Waals surface area contributed by atoms with Crippen LogP contribution in [0.1, 0.15) is 5.56 Å². The molecule has 1 unspecified atom stereocenters. The van der Waals surface area contributed by atoms with Gasteiger partial charge in [0.05, 0.1) is 20.8 Å². The van der Waals surface area contributed by atoms with Gasteiger partial charge in [0, 0.05) is 23.6 Å². The second-order valence-corrected chi connectivity index (χ2v) is 5.23. The number of hydrogen-bond acceptors (Lipinski definition) is 5. The smallest absolute Gasteiger partial charge is 0.224 e. The Balaban J connectivity index is 1.86. The Morgan fingerprint density at radius 3 is 2.68 bits per heavy atom. The Morgan fingerprint density at radius 2 is 1.95 bits per heavy atom. The molecule has 1 aromatic rings. The number of allylic oxidation sites excluding steroid dienone is 3. The fraction of sp³-hybridized carbons (Fsp3) is 0.294. The van der Waals surface area contributed by atoms with Gasteiger partial charge in [-0.1, -0.05) is 6.07 Å². The quantitative estimate of drug-likeness (QED) is 0.797. The molecule has 0 saturated heterocycles. The molecule has 22 heavy (non-hydrogen) atoms. The van der Waals surface area contributed by atoms with Crippen LogP contribution in [0.3, 0.4) is 0 Å². The van der Waals surface area contributed by atoms with Crippen LogP contribution < -0.4 is 9.47 Å². The third kappa shape index (κ3) is 2.50. The molecule has 1 aromatic carbocycles. The first kappa shape index (κ1) is 14.4. The predicted molar refractivity (Wildman–Crippen MR) is 78.9 cm³/mol. The van der Waals surface area contributed by atoms with Crippen LogP contribution in [-0.2, 0) is 20.7 Å². The van der Waals surface area contributed by atoms with Crippen LogP contribution in [0.25, 0.3) is 0 Å². The van der Waals surface area contributed by atoms with Gasteiger partial charge < -0.3 is 14.2 Å². The number of Topliss-reactive ketones (excluding diaryl/α,β-unsaturated/α-hetero) is 1. The fourth-order valence-corrected chi connectivity index (χ4v) is 2.73. The van der Waals surface area contributed by atoms with E-state index in [1.54, 1.807) is 7.11 Å². The topological polar surface area (TPSA) is 61.8 Å². The number of carbonyl (C=O) groups excluding carboxylic acids is 2. The molecule has 0 aromatic heterocycles. The highest BCUT2D eigenvalue weighted by atomic mass is 16.5. The molecule has 0 amide bonds. The van der Waals surface area contributed by atoms with Gasteiger partial charge in [-0.25, -0.2) is 0 Å². The molecule has 1 heterocycles. The zero-order valence-electron chi connectivity index (χ0n) is 12.4. The van der Waals surface area contributed by atoms with Gasteiger partial charge in [-0.15, -0.1) is 0 Å². The third-order valence-corrected chi connectivity index (χ3v) is 3.90. The normalized spacial score (nSPS) is 20.5. The maximum atomic E-state index is 12.3. The monoisotopic (exact) mass is 300 g/mol. The van der Waals surface area contributed by atoms with Crippen molar-refractivity contribution in [3.63, 3.8) is 0 Å². The first-order valence-corrected chi connectivity index (χ1v) is 6.98. The number of methoxy groups -OCH3 is 2. The predicted octanol–water partition coefficient (Wildman–Crippen LogP) is 1.85. The maximum absolute atomic E-state index is 12.3. The molecule has 1 atom stereocenters. The summed E-state index contributed by atoms with van der Waals surface area (Å²) in [6.45, 7) is 0.349. The van der Waals surface area contributed by atoms with Crippen molar-refractivity contribution in [2.45, 2.75) is 6.42 Å². The van der Waals surface area contributed by atoms with Gasteiger partial charge in [0.15, 0.2) is 11.5 Å². The summed E-state index contributed by atoms with van der Waals surface area (Å²) in [5, 5.41) is 0. The van der Waals surface area contributed by atoms with Crippen molar-refractivity contribution in [1.29, 1.82) is 0 Å². The van der Waals surface area contributed by atoms with Crippen LogP contribution in [0, 0.1) is 5.92 Å². The van der Waals surface area contributed by atoms with Gasteiger partial charge in [-0.05, 0) is 24.1 Å². The first-order valence-electron chi connectivity index (χ1n) is 6.98. The Hall–Kier alpha value is -2.56. The SMILES string of the molecule is COC1=CC(=O)C=C(C2COc3cc(OC)ccc3C2)C1=O. The fourth-order valence-electron chi connectivity index (χ4n) is 2.73. The van der Waals surface area contributed by atoms with E-state index in [2.05, 4.69) is 0 Å². The van der Waals surface area contributed by atoms with Crippen LogP contribution >= 0.6 is 0 Å². The van der Waals surface area contributed by atoms with Crippen molar-refractivity contribution in [3.05, 3.63) is 47.2 Å². The van der Waals surface area contributed by atoms with Crippen molar-refractivity contribution < 1.29 is 23.8 Å². The summed E-state index contributed by atoms with van der Waals surface area (Å²) in [6, 6.07) is 5.60. The Bertz CT molecular complexity index is 699. The lowest BCUT2D eigenvalue weighted by atomic mass is 9.85. The Kier molecular flexibility index (Phi) is 3.71. The standard InChI is InChI=1S/C17H16O5/c1-20-13-4-3-10-5-11(9-22-15(10)8-13)14-6-12(18)7-16(21-2)17(14)19/h3-4,6-8,11H,5,9H2,1-2H3. The second kappa shape index (κ2) is 5.67. The molecule has 2 aliphatic rings. The highest BCUT2D eigenvalue weighted by Gasteiger charge is 2.32. The van der Waals surface area contributed by atoms with E-state index in [1.165, 1.54) is 19.3 Å². The highest BCUT2D eigenvalue weighted by Crippen LogP contribution is 2.34. The van der Waals surface area contributed by atoms with E-state index < -0.39 is 0 Å². The molecule has 0 radical (unpaired) electrons. The van der Waals surface area contributed by atoms with Crippen LogP contribution in [0.2, 0.25) is 0 Å². The molecule has 0 N–H and O–H groups in total. The molecule has 0 spiro atoms. The van der Waals surface area contributed by atoms with Crippen molar-refractivity contribution in [2.24, 2.45) is 5.92 Å². The minimum absolute atomic E-state index is 0.0861. The zero-order valence-corrected chi connectivity index (χ0v) is 12.4. The average molecular weight is 300 g/mol. The van der Waals surface area contributed by atoms with E-state index in [9.17, 15) is 9.59 Å². The molecule has 5 heteroatoms. The molecule has 1 aliphatic heterocycles. The Labute approximate surface area is 128 Å². The van der Waals surface area contributed by atoms with Crippen LogP contribution in [0.15, 0.2) is 41.7 Å². The number of ether oxygens (including phenoxy) is 3. The summed E-state index contributed by atoms with van der Waals surface area (Å²) >= 11 is 0. The lowest BCUT2D eigenvalue weighted by molar-refractivity contribution is -0.118.